The van der Waals surface area contributed by atoms with E-state index in [1.807, 2.05) is 70.2 Å². The van der Waals surface area contributed by atoms with Gasteiger partial charge in [0.05, 0.1) is 31.0 Å². The lowest BCUT2D eigenvalue weighted by Crippen LogP contribution is -2.41. The Morgan fingerprint density at radius 2 is 1.43 bits per heavy atom. The molecule has 2 N–H and O–H groups in total. The zero-order chi connectivity index (χ0) is 20.4. The minimum atomic E-state index is -0.475. The zero-order valence-corrected chi connectivity index (χ0v) is 17.5. The summed E-state index contributed by atoms with van der Waals surface area (Å²) in [6.45, 7) is 8.67. The molecule has 6 nitrogen and oxygen atoms in total. The quantitative estimate of drug-likeness (QED) is 0.565. The van der Waals surface area contributed by atoms with Gasteiger partial charge in [-0.2, -0.15) is 0 Å². The molecule has 2 aromatic rings. The summed E-state index contributed by atoms with van der Waals surface area (Å²) in [4.78, 5) is 0. The second kappa shape index (κ2) is 8.03. The standard InChI is InChI=1S/C21H29BN2O4/c1-20(2)21(3,4)28-22(27-20)15-12-18(25-5)17(19(13-15)26-6)14-23-24-16-10-8-7-9-11-16/h7-13,23-24H,14H2,1-6H3. The number of hydrazine groups is 1. The van der Waals surface area contributed by atoms with Crippen LogP contribution in [0.15, 0.2) is 42.5 Å². The number of hydrogen-bond donors (Lipinski definition) is 2. The lowest BCUT2D eigenvalue weighted by atomic mass is 9.78. The zero-order valence-electron chi connectivity index (χ0n) is 17.5. The first kappa shape index (κ1) is 20.5. The number of anilines is 1. The third-order valence-corrected chi connectivity index (χ3v) is 5.43. The van der Waals surface area contributed by atoms with Gasteiger partial charge in [0, 0.05) is 12.2 Å². The molecule has 1 heterocycles. The van der Waals surface area contributed by atoms with Crippen molar-refractivity contribution in [1.82, 2.24) is 5.43 Å². The van der Waals surface area contributed by atoms with Crippen LogP contribution in [0, 0.1) is 0 Å². The number of methoxy groups -OCH3 is 2. The summed E-state index contributed by atoms with van der Waals surface area (Å²) in [6, 6.07) is 13.8. The average molecular weight is 384 g/mol. The van der Waals surface area contributed by atoms with Crippen molar-refractivity contribution in [1.29, 1.82) is 0 Å². The van der Waals surface area contributed by atoms with Crippen LogP contribution in [-0.4, -0.2) is 32.5 Å². The van der Waals surface area contributed by atoms with E-state index in [2.05, 4.69) is 10.9 Å². The molecule has 2 aromatic carbocycles. The summed E-state index contributed by atoms with van der Waals surface area (Å²) in [5.41, 5.74) is 8.34. The van der Waals surface area contributed by atoms with Crippen LogP contribution >= 0.6 is 0 Å². The summed E-state index contributed by atoms with van der Waals surface area (Å²) in [7, 11) is 2.82. The van der Waals surface area contributed by atoms with Crippen LogP contribution in [0.5, 0.6) is 11.5 Å². The molecule has 0 bridgehead atoms. The van der Waals surface area contributed by atoms with E-state index in [1.165, 1.54) is 0 Å². The van der Waals surface area contributed by atoms with Crippen LogP contribution in [0.1, 0.15) is 33.3 Å². The third kappa shape index (κ3) is 4.11. The fourth-order valence-corrected chi connectivity index (χ4v) is 3.05. The molecule has 0 unspecified atom stereocenters. The van der Waals surface area contributed by atoms with Crippen LogP contribution in [-0.2, 0) is 15.9 Å². The van der Waals surface area contributed by atoms with E-state index in [9.17, 15) is 0 Å². The topological polar surface area (TPSA) is 61.0 Å². The molecule has 0 amide bonds. The molecule has 1 saturated heterocycles. The highest BCUT2D eigenvalue weighted by Crippen LogP contribution is 2.37. The molecule has 0 saturated carbocycles. The maximum atomic E-state index is 6.17. The van der Waals surface area contributed by atoms with E-state index in [1.54, 1.807) is 14.2 Å². The van der Waals surface area contributed by atoms with Gasteiger partial charge in [0.1, 0.15) is 11.5 Å². The van der Waals surface area contributed by atoms with Gasteiger partial charge in [0.15, 0.2) is 0 Å². The Bertz CT molecular complexity index is 770. The molecule has 0 atom stereocenters. The predicted octanol–water partition coefficient (Wildman–Crippen LogP) is 3.12. The number of nitrogens with one attached hydrogen (secondary N) is 2. The Morgan fingerprint density at radius 1 is 0.893 bits per heavy atom. The molecule has 0 aliphatic carbocycles. The van der Waals surface area contributed by atoms with Gasteiger partial charge >= 0.3 is 7.12 Å². The van der Waals surface area contributed by atoms with Gasteiger partial charge in [-0.05, 0) is 57.4 Å². The number of rotatable bonds is 7. The van der Waals surface area contributed by atoms with Crippen molar-refractivity contribution in [3.63, 3.8) is 0 Å². The van der Waals surface area contributed by atoms with Crippen LogP contribution in [0.25, 0.3) is 0 Å². The Balaban J connectivity index is 1.80. The Kier molecular flexibility index (Phi) is 5.88. The van der Waals surface area contributed by atoms with Crippen molar-refractivity contribution in [2.24, 2.45) is 0 Å². The van der Waals surface area contributed by atoms with Crippen molar-refractivity contribution in [2.45, 2.75) is 45.4 Å². The minimum Gasteiger partial charge on any atom is -0.496 e. The summed E-state index contributed by atoms with van der Waals surface area (Å²) < 4.78 is 23.6. The highest BCUT2D eigenvalue weighted by molar-refractivity contribution is 6.62. The Morgan fingerprint density at radius 3 is 1.93 bits per heavy atom. The summed E-state index contributed by atoms with van der Waals surface area (Å²) in [6.07, 6.45) is 0. The van der Waals surface area contributed by atoms with Crippen molar-refractivity contribution >= 4 is 18.3 Å². The van der Waals surface area contributed by atoms with Crippen LogP contribution < -0.4 is 25.8 Å². The summed E-state index contributed by atoms with van der Waals surface area (Å²) in [5, 5.41) is 0. The van der Waals surface area contributed by atoms with Gasteiger partial charge in [-0.3, -0.25) is 0 Å². The van der Waals surface area contributed by atoms with Crippen LogP contribution in [0.2, 0.25) is 0 Å². The molecule has 1 aliphatic heterocycles. The van der Waals surface area contributed by atoms with Crippen molar-refractivity contribution in [2.75, 3.05) is 19.6 Å². The molecule has 3 rings (SSSR count). The largest absolute Gasteiger partial charge is 0.496 e. The van der Waals surface area contributed by atoms with Gasteiger partial charge < -0.3 is 24.2 Å². The fraction of sp³-hybridized carbons (Fsp3) is 0.429. The molecule has 0 spiro atoms. The van der Waals surface area contributed by atoms with Gasteiger partial charge in [-0.15, -0.1) is 0 Å². The van der Waals surface area contributed by atoms with Gasteiger partial charge in [-0.25, -0.2) is 5.43 Å². The minimum absolute atomic E-state index is 0.405. The van der Waals surface area contributed by atoms with Crippen LogP contribution in [0.3, 0.4) is 0 Å². The van der Waals surface area contributed by atoms with E-state index in [-0.39, 0.29) is 0 Å². The maximum Gasteiger partial charge on any atom is 0.495 e. The number of hydrogen-bond acceptors (Lipinski definition) is 6. The first-order chi connectivity index (χ1) is 13.3. The maximum absolute atomic E-state index is 6.17. The predicted molar refractivity (Wildman–Crippen MR) is 112 cm³/mol. The molecule has 0 radical (unpaired) electrons. The van der Waals surface area contributed by atoms with E-state index in [0.29, 0.717) is 18.0 Å². The lowest BCUT2D eigenvalue weighted by molar-refractivity contribution is 0.00578. The third-order valence-electron chi connectivity index (χ3n) is 5.43. The normalized spacial score (nSPS) is 17.4. The Labute approximate surface area is 167 Å². The van der Waals surface area contributed by atoms with Gasteiger partial charge in [-0.1, -0.05) is 18.2 Å². The molecular weight excluding hydrogens is 355 g/mol. The van der Waals surface area contributed by atoms with E-state index < -0.39 is 18.3 Å². The second-order valence-electron chi connectivity index (χ2n) is 7.84. The van der Waals surface area contributed by atoms with Crippen molar-refractivity contribution < 1.29 is 18.8 Å². The summed E-state index contributed by atoms with van der Waals surface area (Å²) >= 11 is 0. The monoisotopic (exact) mass is 384 g/mol. The van der Waals surface area contributed by atoms with E-state index >= 15 is 0 Å². The van der Waals surface area contributed by atoms with E-state index in [4.69, 9.17) is 18.8 Å². The molecule has 1 fully saturated rings. The van der Waals surface area contributed by atoms with Crippen LogP contribution in [0.4, 0.5) is 5.69 Å². The average Bonchev–Trinajstić information content (AvgIpc) is 2.89. The fourth-order valence-electron chi connectivity index (χ4n) is 3.05. The molecule has 28 heavy (non-hydrogen) atoms. The highest BCUT2D eigenvalue weighted by Gasteiger charge is 2.52. The number of para-hydroxylation sites is 1. The first-order valence-corrected chi connectivity index (χ1v) is 9.42. The molecular formula is C21H29BN2O4. The molecule has 7 heteroatoms. The number of ether oxygens (including phenoxy) is 2. The van der Waals surface area contributed by atoms with Crippen molar-refractivity contribution in [3.05, 3.63) is 48.0 Å². The van der Waals surface area contributed by atoms with Crippen molar-refractivity contribution in [3.8, 4) is 11.5 Å². The van der Waals surface area contributed by atoms with Gasteiger partial charge in [0.25, 0.3) is 0 Å². The highest BCUT2D eigenvalue weighted by atomic mass is 16.7. The molecule has 150 valence electrons. The summed E-state index contributed by atoms with van der Waals surface area (Å²) in [5.74, 6) is 1.43. The lowest BCUT2D eigenvalue weighted by Gasteiger charge is -2.32. The van der Waals surface area contributed by atoms with Gasteiger partial charge in [0.2, 0.25) is 0 Å². The number of benzene rings is 2. The van der Waals surface area contributed by atoms with E-state index in [0.717, 1.165) is 16.7 Å². The molecule has 1 aliphatic rings. The second-order valence-corrected chi connectivity index (χ2v) is 7.84. The molecule has 0 aromatic heterocycles. The smallest absolute Gasteiger partial charge is 0.495 e. The SMILES string of the molecule is COc1cc(B2OC(C)(C)C(C)(C)O2)cc(OC)c1CNNc1ccccc1. The Hall–Kier alpha value is -2.22. The first-order valence-electron chi connectivity index (χ1n) is 9.42.